The van der Waals surface area contributed by atoms with E-state index < -0.39 is 21.8 Å². The number of benzene rings is 2. The van der Waals surface area contributed by atoms with Gasteiger partial charge in [0.25, 0.3) is 0 Å². The summed E-state index contributed by atoms with van der Waals surface area (Å²) in [7, 11) is -0.955. The van der Waals surface area contributed by atoms with Gasteiger partial charge in [0.1, 0.15) is 11.3 Å². The number of carboxylic acid groups (broad SMARTS) is 1. The average Bonchev–Trinajstić information content (AvgIpc) is 2.72. The van der Waals surface area contributed by atoms with Crippen molar-refractivity contribution in [1.82, 2.24) is 0 Å². The number of rotatable bonds is 7. The van der Waals surface area contributed by atoms with Crippen LogP contribution in [0.15, 0.2) is 53.4 Å². The van der Waals surface area contributed by atoms with E-state index in [1.54, 1.807) is 30.3 Å². The zero-order valence-electron chi connectivity index (χ0n) is 15.5. The van der Waals surface area contributed by atoms with E-state index in [-0.39, 0.29) is 35.0 Å². The molecule has 28 heavy (non-hydrogen) atoms. The van der Waals surface area contributed by atoms with Crippen molar-refractivity contribution in [2.75, 3.05) is 26.6 Å². The highest BCUT2D eigenvalue weighted by Gasteiger charge is 2.20. The van der Waals surface area contributed by atoms with Crippen LogP contribution in [0.5, 0.6) is 5.75 Å². The number of esters is 1. The third-order valence-corrected chi connectivity index (χ3v) is 5.33. The molecule has 9 heteroatoms. The van der Waals surface area contributed by atoms with Gasteiger partial charge >= 0.3 is 11.9 Å². The van der Waals surface area contributed by atoms with E-state index in [0.717, 1.165) is 0 Å². The van der Waals surface area contributed by atoms with Gasteiger partial charge in [-0.25, -0.2) is 18.0 Å². The zero-order valence-corrected chi connectivity index (χ0v) is 16.3. The summed E-state index contributed by atoms with van der Waals surface area (Å²) in [5.41, 5.74) is 0.382. The van der Waals surface area contributed by atoms with Gasteiger partial charge in [-0.1, -0.05) is 18.2 Å². The Labute approximate surface area is 163 Å². The highest BCUT2D eigenvalue weighted by atomic mass is 32.2. The number of hydrogen-bond acceptors (Lipinski definition) is 7. The lowest BCUT2D eigenvalue weighted by Gasteiger charge is -2.09. The van der Waals surface area contributed by atoms with Gasteiger partial charge in [-0.3, -0.25) is 0 Å². The molecule has 2 aromatic carbocycles. The van der Waals surface area contributed by atoms with Crippen LogP contribution in [0, 0.1) is 0 Å². The van der Waals surface area contributed by atoms with Crippen LogP contribution in [0.3, 0.4) is 0 Å². The summed E-state index contributed by atoms with van der Waals surface area (Å²) in [6.45, 7) is -0.209. The molecule has 152 valence electrons. The molecule has 0 aliphatic heterocycles. The molecule has 2 N–H and O–H groups in total. The van der Waals surface area contributed by atoms with Crippen LogP contribution in [0.2, 0.25) is 0 Å². The highest BCUT2D eigenvalue weighted by molar-refractivity contribution is 7.91. The zero-order chi connectivity index (χ0) is 21.2. The van der Waals surface area contributed by atoms with E-state index in [9.17, 15) is 18.0 Å². The fourth-order valence-corrected chi connectivity index (χ4v) is 3.42. The monoisotopic (exact) mass is 410 g/mol. The van der Waals surface area contributed by atoms with Gasteiger partial charge in [0.15, 0.2) is 9.84 Å². The molecule has 0 aromatic heterocycles. The van der Waals surface area contributed by atoms with Crippen molar-refractivity contribution in [2.24, 2.45) is 0 Å². The summed E-state index contributed by atoms with van der Waals surface area (Å²) in [6, 6.07) is 12.3. The molecule has 2 aromatic rings. The SMILES string of the molecule is COC(=O)c1cc(S(=O)(=O)CCCO)ccc1OC.O=C(O)c1ccccc1. The molecule has 0 fully saturated rings. The Morgan fingerprint density at radius 3 is 2.14 bits per heavy atom. The summed E-state index contributed by atoms with van der Waals surface area (Å²) < 4.78 is 33.5. The van der Waals surface area contributed by atoms with Gasteiger partial charge in [0.2, 0.25) is 0 Å². The molecular weight excluding hydrogens is 388 g/mol. The molecule has 2 rings (SSSR count). The predicted octanol–water partition coefficient (Wildman–Crippen LogP) is 2.02. The quantitative estimate of drug-likeness (QED) is 0.664. The van der Waals surface area contributed by atoms with Crippen molar-refractivity contribution in [1.29, 1.82) is 0 Å². The fourth-order valence-electron chi connectivity index (χ4n) is 2.10. The second-order valence-corrected chi connectivity index (χ2v) is 7.53. The smallest absolute Gasteiger partial charge is 0.341 e. The first kappa shape index (κ1) is 23.1. The first-order valence-electron chi connectivity index (χ1n) is 8.15. The Bertz CT molecular complexity index is 891. The van der Waals surface area contributed by atoms with Gasteiger partial charge in [-0.05, 0) is 36.8 Å². The van der Waals surface area contributed by atoms with Crippen molar-refractivity contribution in [3.63, 3.8) is 0 Å². The molecule has 0 amide bonds. The van der Waals surface area contributed by atoms with E-state index in [1.165, 1.54) is 32.4 Å². The third-order valence-electron chi connectivity index (χ3n) is 3.53. The maximum absolute atomic E-state index is 11.9. The van der Waals surface area contributed by atoms with Gasteiger partial charge in [0, 0.05) is 6.61 Å². The molecule has 8 nitrogen and oxygen atoms in total. The number of ether oxygens (including phenoxy) is 2. The van der Waals surface area contributed by atoms with E-state index in [1.807, 2.05) is 0 Å². The Balaban J connectivity index is 0.000000362. The summed E-state index contributed by atoms with van der Waals surface area (Å²) in [5, 5.41) is 17.1. The molecule has 0 spiro atoms. The van der Waals surface area contributed by atoms with E-state index in [0.29, 0.717) is 5.56 Å². The second kappa shape index (κ2) is 11.1. The Hall–Kier alpha value is -2.91. The van der Waals surface area contributed by atoms with Crippen LogP contribution in [0.1, 0.15) is 27.1 Å². The molecule has 0 bridgehead atoms. The summed E-state index contributed by atoms with van der Waals surface area (Å²) in [5.74, 6) is -1.49. The van der Waals surface area contributed by atoms with Crippen molar-refractivity contribution in [3.05, 3.63) is 59.7 Å². The van der Waals surface area contributed by atoms with E-state index in [4.69, 9.17) is 14.9 Å². The van der Waals surface area contributed by atoms with Crippen LogP contribution in [-0.4, -0.2) is 57.1 Å². The molecule has 0 radical (unpaired) electrons. The van der Waals surface area contributed by atoms with E-state index >= 15 is 0 Å². The number of carbonyl (C=O) groups excluding carboxylic acids is 1. The molecule has 0 aliphatic carbocycles. The molecule has 0 heterocycles. The van der Waals surface area contributed by atoms with Crippen LogP contribution in [0.25, 0.3) is 0 Å². The van der Waals surface area contributed by atoms with Crippen molar-refractivity contribution < 1.29 is 37.7 Å². The van der Waals surface area contributed by atoms with Crippen molar-refractivity contribution in [3.8, 4) is 5.75 Å². The Morgan fingerprint density at radius 1 is 1.04 bits per heavy atom. The summed E-state index contributed by atoms with van der Waals surface area (Å²) >= 11 is 0. The third kappa shape index (κ3) is 6.67. The van der Waals surface area contributed by atoms with Gasteiger partial charge < -0.3 is 19.7 Å². The average molecular weight is 410 g/mol. The molecule has 0 saturated carbocycles. The lowest BCUT2D eigenvalue weighted by atomic mass is 10.2. The predicted molar refractivity (Wildman–Crippen MR) is 101 cm³/mol. The normalized spacial score (nSPS) is 10.4. The van der Waals surface area contributed by atoms with E-state index in [2.05, 4.69) is 4.74 Å². The number of aliphatic hydroxyl groups excluding tert-OH is 1. The van der Waals surface area contributed by atoms with Crippen molar-refractivity contribution in [2.45, 2.75) is 11.3 Å². The lowest BCUT2D eigenvalue weighted by molar-refractivity contribution is 0.0596. The first-order valence-corrected chi connectivity index (χ1v) is 9.80. The Morgan fingerprint density at radius 2 is 1.68 bits per heavy atom. The van der Waals surface area contributed by atoms with Gasteiger partial charge in [-0.15, -0.1) is 0 Å². The minimum Gasteiger partial charge on any atom is -0.496 e. The minimum atomic E-state index is -3.53. The first-order chi connectivity index (χ1) is 13.3. The van der Waals surface area contributed by atoms with Crippen LogP contribution >= 0.6 is 0 Å². The van der Waals surface area contributed by atoms with Crippen LogP contribution in [0.4, 0.5) is 0 Å². The van der Waals surface area contributed by atoms with Crippen LogP contribution in [-0.2, 0) is 14.6 Å². The lowest BCUT2D eigenvalue weighted by Crippen LogP contribution is -2.11. The number of hydrogen-bond donors (Lipinski definition) is 2. The molecule has 0 saturated heterocycles. The molecule has 0 aliphatic rings. The minimum absolute atomic E-state index is 0.00199. The molecule has 0 unspecified atom stereocenters. The molecular formula is C19H22O8S. The Kier molecular flexibility index (Phi) is 9.13. The fraction of sp³-hybridized carbons (Fsp3) is 0.263. The highest BCUT2D eigenvalue weighted by Crippen LogP contribution is 2.24. The standard InChI is InChI=1S/C12H16O6S.C7H6O2/c1-17-11-5-4-9(8-10(11)12(14)18-2)19(15,16)7-3-6-13;8-7(9)6-4-2-1-3-5-6/h4-5,8,13H,3,6-7H2,1-2H3;1-5H,(H,8,9). The van der Waals surface area contributed by atoms with Crippen LogP contribution < -0.4 is 4.74 Å². The van der Waals surface area contributed by atoms with Gasteiger partial charge in [0.05, 0.1) is 30.4 Å². The summed E-state index contributed by atoms with van der Waals surface area (Å²) in [4.78, 5) is 21.8. The maximum atomic E-state index is 11.9. The largest absolute Gasteiger partial charge is 0.496 e. The number of methoxy groups -OCH3 is 2. The summed E-state index contributed by atoms with van der Waals surface area (Å²) in [6.07, 6.45) is 0.141. The topological polar surface area (TPSA) is 127 Å². The van der Waals surface area contributed by atoms with Gasteiger partial charge in [-0.2, -0.15) is 0 Å². The number of aliphatic hydroxyl groups is 1. The van der Waals surface area contributed by atoms with Crippen molar-refractivity contribution >= 4 is 21.8 Å². The molecule has 0 atom stereocenters. The number of aromatic carboxylic acids is 1. The number of carbonyl (C=O) groups is 2. The number of carboxylic acids is 1. The maximum Gasteiger partial charge on any atom is 0.341 e. The number of sulfone groups is 1. The second-order valence-electron chi connectivity index (χ2n) is 5.42.